The third kappa shape index (κ3) is 55.6. The normalized spacial score (nSPS) is 12.5. The molecule has 6 nitrogen and oxygen atoms in total. The van der Waals surface area contributed by atoms with E-state index in [9.17, 15) is 14.4 Å². The summed E-state index contributed by atoms with van der Waals surface area (Å²) in [7, 11) is 0. The number of carbonyl (C=O) groups excluding carboxylic acids is 3. The Labute approximate surface area is 431 Å². The lowest BCUT2D eigenvalue weighted by Crippen LogP contribution is -2.30. The predicted octanol–water partition coefficient (Wildman–Crippen LogP) is 20.7. The highest BCUT2D eigenvalue weighted by molar-refractivity contribution is 5.71. The van der Waals surface area contributed by atoms with Crippen molar-refractivity contribution in [3.8, 4) is 0 Å². The second kappa shape index (κ2) is 54.2. The molecule has 6 heteroatoms. The van der Waals surface area contributed by atoms with E-state index in [2.05, 4.69) is 41.5 Å². The van der Waals surface area contributed by atoms with Crippen LogP contribution in [0.15, 0.2) is 0 Å². The molecule has 0 aromatic heterocycles. The summed E-state index contributed by atoms with van der Waals surface area (Å²) < 4.78 is 16.9. The molecular formula is C63H122O6. The van der Waals surface area contributed by atoms with Gasteiger partial charge in [0.15, 0.2) is 6.10 Å². The van der Waals surface area contributed by atoms with Crippen LogP contribution in [-0.2, 0) is 28.6 Å². The fourth-order valence-corrected chi connectivity index (χ4v) is 9.67. The van der Waals surface area contributed by atoms with Gasteiger partial charge in [0.25, 0.3) is 0 Å². The number of carbonyl (C=O) groups is 3. The van der Waals surface area contributed by atoms with Gasteiger partial charge in [0.05, 0.1) is 0 Å². The van der Waals surface area contributed by atoms with Crippen molar-refractivity contribution in [3.05, 3.63) is 0 Å². The molecule has 0 rings (SSSR count). The van der Waals surface area contributed by atoms with E-state index in [1.807, 2.05) is 0 Å². The molecule has 410 valence electrons. The smallest absolute Gasteiger partial charge is 0.306 e. The maximum absolute atomic E-state index is 12.9. The van der Waals surface area contributed by atoms with E-state index < -0.39 is 6.10 Å². The summed E-state index contributed by atoms with van der Waals surface area (Å²) in [4.78, 5) is 38.3. The Morgan fingerprint density at radius 3 is 0.754 bits per heavy atom. The van der Waals surface area contributed by atoms with Gasteiger partial charge in [-0.3, -0.25) is 14.4 Å². The summed E-state index contributed by atoms with van der Waals surface area (Å²) >= 11 is 0. The molecule has 0 heterocycles. The van der Waals surface area contributed by atoms with Gasteiger partial charge in [-0.15, -0.1) is 0 Å². The number of hydrogen-bond acceptors (Lipinski definition) is 6. The SMILES string of the molecule is CCC(C)CCCCCCCCCCCCCCCCC(=O)OC[C@@H](COC(=O)CCCCCCCCCCCCCCCCCCC(C)C)OC(=O)CCCCCCCCCCCCCC(C)C. The molecule has 1 unspecified atom stereocenters. The topological polar surface area (TPSA) is 78.9 Å². The summed E-state index contributed by atoms with van der Waals surface area (Å²) in [6, 6.07) is 0. The van der Waals surface area contributed by atoms with Crippen molar-refractivity contribution in [1.82, 2.24) is 0 Å². The quantitative estimate of drug-likeness (QED) is 0.0343. The predicted molar refractivity (Wildman–Crippen MR) is 298 cm³/mol. The van der Waals surface area contributed by atoms with Gasteiger partial charge >= 0.3 is 17.9 Å². The Morgan fingerprint density at radius 2 is 0.507 bits per heavy atom. The molecular weight excluding hydrogens is 853 g/mol. The van der Waals surface area contributed by atoms with Crippen LogP contribution in [0.2, 0.25) is 0 Å². The average molecular weight is 976 g/mol. The first-order valence-corrected chi connectivity index (χ1v) is 31.1. The Balaban J connectivity index is 4.28. The van der Waals surface area contributed by atoms with Gasteiger partial charge in [-0.2, -0.15) is 0 Å². The van der Waals surface area contributed by atoms with Crippen LogP contribution >= 0.6 is 0 Å². The largest absolute Gasteiger partial charge is 0.462 e. The number of rotatable bonds is 56. The van der Waals surface area contributed by atoms with Crippen LogP contribution in [0.25, 0.3) is 0 Å². The minimum absolute atomic E-state index is 0.0630. The van der Waals surface area contributed by atoms with E-state index in [4.69, 9.17) is 14.2 Å². The Kier molecular flexibility index (Phi) is 52.9. The molecule has 0 spiro atoms. The molecule has 0 aromatic rings. The minimum atomic E-state index is -0.764. The summed E-state index contributed by atoms with van der Waals surface area (Å²) in [5, 5.41) is 0. The second-order valence-corrected chi connectivity index (χ2v) is 22.9. The summed E-state index contributed by atoms with van der Waals surface area (Å²) in [5.74, 6) is 1.74. The molecule has 2 atom stereocenters. The fourth-order valence-electron chi connectivity index (χ4n) is 9.67. The van der Waals surface area contributed by atoms with Crippen molar-refractivity contribution in [2.75, 3.05) is 13.2 Å². The van der Waals surface area contributed by atoms with Crippen LogP contribution in [0.5, 0.6) is 0 Å². The highest BCUT2D eigenvalue weighted by Crippen LogP contribution is 2.19. The molecule has 0 N–H and O–H groups in total. The maximum atomic E-state index is 12.9. The van der Waals surface area contributed by atoms with Crippen molar-refractivity contribution in [2.45, 2.75) is 356 Å². The van der Waals surface area contributed by atoms with Crippen molar-refractivity contribution in [1.29, 1.82) is 0 Å². The summed E-state index contributed by atoms with van der Waals surface area (Å²) in [6.45, 7) is 13.8. The third-order valence-electron chi connectivity index (χ3n) is 14.8. The molecule has 69 heavy (non-hydrogen) atoms. The molecule has 0 saturated carbocycles. The second-order valence-electron chi connectivity index (χ2n) is 22.9. The maximum Gasteiger partial charge on any atom is 0.306 e. The van der Waals surface area contributed by atoms with Crippen LogP contribution in [0.1, 0.15) is 350 Å². The summed E-state index contributed by atoms with van der Waals surface area (Å²) in [5.41, 5.74) is 0. The van der Waals surface area contributed by atoms with Gasteiger partial charge in [-0.1, -0.05) is 311 Å². The molecule has 0 aliphatic carbocycles. The lowest BCUT2D eigenvalue weighted by molar-refractivity contribution is -0.167. The Morgan fingerprint density at radius 1 is 0.290 bits per heavy atom. The first-order valence-electron chi connectivity index (χ1n) is 31.1. The summed E-state index contributed by atoms with van der Waals surface area (Å²) in [6.07, 6.45) is 58.1. The number of unbranched alkanes of at least 4 members (excludes halogenated alkanes) is 38. The van der Waals surface area contributed by atoms with Gasteiger partial charge in [-0.25, -0.2) is 0 Å². The number of esters is 3. The van der Waals surface area contributed by atoms with Crippen LogP contribution in [0, 0.1) is 17.8 Å². The van der Waals surface area contributed by atoms with E-state index >= 15 is 0 Å². The monoisotopic (exact) mass is 975 g/mol. The van der Waals surface area contributed by atoms with E-state index in [0.29, 0.717) is 19.3 Å². The van der Waals surface area contributed by atoms with Crippen molar-refractivity contribution in [3.63, 3.8) is 0 Å². The van der Waals surface area contributed by atoms with Crippen LogP contribution in [0.4, 0.5) is 0 Å². The number of hydrogen-bond donors (Lipinski definition) is 0. The van der Waals surface area contributed by atoms with Crippen molar-refractivity contribution >= 4 is 17.9 Å². The van der Waals surface area contributed by atoms with Crippen molar-refractivity contribution in [2.24, 2.45) is 17.8 Å². The van der Waals surface area contributed by atoms with Gasteiger partial charge in [-0.05, 0) is 37.0 Å². The molecule has 0 aliphatic heterocycles. The van der Waals surface area contributed by atoms with Crippen LogP contribution in [-0.4, -0.2) is 37.2 Å². The zero-order chi connectivity index (χ0) is 50.5. The zero-order valence-electron chi connectivity index (χ0n) is 47.6. The van der Waals surface area contributed by atoms with E-state index in [-0.39, 0.29) is 31.1 Å². The molecule has 0 saturated heterocycles. The first-order chi connectivity index (χ1) is 33.6. The molecule has 0 fully saturated rings. The minimum Gasteiger partial charge on any atom is -0.462 e. The van der Waals surface area contributed by atoms with Gasteiger partial charge in [0.2, 0.25) is 0 Å². The van der Waals surface area contributed by atoms with Gasteiger partial charge < -0.3 is 14.2 Å². The molecule has 0 aliphatic rings. The van der Waals surface area contributed by atoms with Gasteiger partial charge in [0, 0.05) is 19.3 Å². The molecule has 0 amide bonds. The van der Waals surface area contributed by atoms with Crippen LogP contribution in [0.3, 0.4) is 0 Å². The Hall–Kier alpha value is -1.59. The first kappa shape index (κ1) is 67.4. The lowest BCUT2D eigenvalue weighted by atomic mass is 9.99. The van der Waals surface area contributed by atoms with E-state index in [0.717, 1.165) is 75.5 Å². The van der Waals surface area contributed by atoms with E-state index in [1.165, 1.54) is 231 Å². The fraction of sp³-hybridized carbons (Fsp3) is 0.952. The van der Waals surface area contributed by atoms with E-state index in [1.54, 1.807) is 0 Å². The Bertz CT molecular complexity index is 1070. The molecule has 0 bridgehead atoms. The van der Waals surface area contributed by atoms with Crippen molar-refractivity contribution < 1.29 is 28.6 Å². The zero-order valence-corrected chi connectivity index (χ0v) is 47.6. The average Bonchev–Trinajstić information content (AvgIpc) is 3.32. The molecule has 0 radical (unpaired) electrons. The number of ether oxygens (including phenoxy) is 3. The van der Waals surface area contributed by atoms with Crippen LogP contribution < -0.4 is 0 Å². The lowest BCUT2D eigenvalue weighted by Gasteiger charge is -2.18. The third-order valence-corrected chi connectivity index (χ3v) is 14.8. The highest BCUT2D eigenvalue weighted by atomic mass is 16.6. The highest BCUT2D eigenvalue weighted by Gasteiger charge is 2.19. The molecule has 0 aromatic carbocycles. The van der Waals surface area contributed by atoms with Gasteiger partial charge in [0.1, 0.15) is 13.2 Å². The standard InChI is InChI=1S/C63H122O6/c1-7-59(6)51-45-39-33-27-21-15-12-13-17-23-29-35-41-47-53-62(65)68-56-60(69-63(66)54-48-42-36-30-24-18-20-26-32-38-44-50-58(4)5)55-67-61(64)52-46-40-34-28-22-16-11-9-8-10-14-19-25-31-37-43-49-57(2)3/h57-60H,7-56H2,1-6H3/t59?,60-/m1/s1.